The Morgan fingerprint density at radius 3 is 2.71 bits per heavy atom. The lowest BCUT2D eigenvalue weighted by Gasteiger charge is -2.18. The molecule has 2 N–H and O–H groups in total. The molecule has 0 aromatic heterocycles. The van der Waals surface area contributed by atoms with Gasteiger partial charge in [0.15, 0.2) is 17.6 Å². The van der Waals surface area contributed by atoms with E-state index in [9.17, 15) is 18.0 Å². The largest absolute Gasteiger partial charge is 0.486 e. The fourth-order valence-corrected chi connectivity index (χ4v) is 3.43. The summed E-state index contributed by atoms with van der Waals surface area (Å²) in [5.74, 6) is -0.132. The van der Waals surface area contributed by atoms with Gasteiger partial charge in [0.25, 0.3) is 5.91 Å². The Bertz CT molecular complexity index is 823. The molecule has 0 radical (unpaired) electrons. The normalized spacial score (nSPS) is 14.0. The van der Waals surface area contributed by atoms with Crippen LogP contribution in [0.5, 0.6) is 11.5 Å². The van der Waals surface area contributed by atoms with E-state index < -0.39 is 28.0 Å². The summed E-state index contributed by atoms with van der Waals surface area (Å²) in [6.07, 6.45) is 0.786. The molecule has 0 saturated heterocycles. The molecular weight excluding hydrogens is 388 g/mol. The number of carbonyl (C=O) groups excluding carboxylic acids is 2. The standard InChI is InChI=1S/C18H24N2O7S/c1-3-8-19-18(22)13(2)27-17(21)5-4-9-20-28(23,24)14-6-7-15-16(12-14)26-11-10-25-15/h3,6-7,12-13,20H,1,4-5,8-11H2,2H3,(H,19,22)/t13-/m1/s1. The van der Waals surface area contributed by atoms with Crippen LogP contribution in [-0.2, 0) is 24.3 Å². The number of hydrogen-bond acceptors (Lipinski definition) is 7. The van der Waals surface area contributed by atoms with E-state index >= 15 is 0 Å². The van der Waals surface area contributed by atoms with Gasteiger partial charge in [-0.15, -0.1) is 6.58 Å². The van der Waals surface area contributed by atoms with E-state index in [0.29, 0.717) is 24.7 Å². The lowest BCUT2D eigenvalue weighted by atomic mass is 10.3. The van der Waals surface area contributed by atoms with E-state index in [4.69, 9.17) is 14.2 Å². The number of hydrogen-bond donors (Lipinski definition) is 2. The molecule has 1 aliphatic rings. The number of nitrogens with one attached hydrogen (secondary N) is 2. The number of ether oxygens (including phenoxy) is 3. The van der Waals surface area contributed by atoms with Crippen molar-refractivity contribution in [3.05, 3.63) is 30.9 Å². The minimum absolute atomic E-state index is 0.0251. The number of amides is 1. The molecule has 1 aromatic carbocycles. The Kier molecular flexibility index (Phi) is 7.82. The van der Waals surface area contributed by atoms with Gasteiger partial charge in [0.1, 0.15) is 13.2 Å². The molecule has 28 heavy (non-hydrogen) atoms. The Morgan fingerprint density at radius 1 is 1.29 bits per heavy atom. The molecule has 1 aliphatic heterocycles. The van der Waals surface area contributed by atoms with Crippen molar-refractivity contribution in [3.63, 3.8) is 0 Å². The van der Waals surface area contributed by atoms with Gasteiger partial charge >= 0.3 is 5.97 Å². The number of carbonyl (C=O) groups is 2. The van der Waals surface area contributed by atoms with Gasteiger partial charge in [0.2, 0.25) is 10.0 Å². The molecule has 0 bridgehead atoms. The van der Waals surface area contributed by atoms with Crippen LogP contribution in [0.25, 0.3) is 0 Å². The highest BCUT2D eigenvalue weighted by molar-refractivity contribution is 7.89. The summed E-state index contributed by atoms with van der Waals surface area (Å²) in [5, 5.41) is 2.52. The second-order valence-corrected chi connectivity index (χ2v) is 7.74. The maximum absolute atomic E-state index is 12.3. The number of benzene rings is 1. The van der Waals surface area contributed by atoms with Crippen molar-refractivity contribution in [2.75, 3.05) is 26.3 Å². The van der Waals surface area contributed by atoms with Crippen LogP contribution in [0.3, 0.4) is 0 Å². The van der Waals surface area contributed by atoms with Gasteiger partial charge in [-0.05, 0) is 25.5 Å². The summed E-state index contributed by atoms with van der Waals surface area (Å²) in [6.45, 7) is 6.03. The zero-order valence-electron chi connectivity index (χ0n) is 15.6. The lowest BCUT2D eigenvalue weighted by Crippen LogP contribution is -2.36. The highest BCUT2D eigenvalue weighted by atomic mass is 32.2. The van der Waals surface area contributed by atoms with E-state index in [-0.39, 0.29) is 30.8 Å². The predicted molar refractivity (Wildman–Crippen MR) is 101 cm³/mol. The third-order valence-electron chi connectivity index (χ3n) is 3.77. The van der Waals surface area contributed by atoms with E-state index in [1.807, 2.05) is 0 Å². The van der Waals surface area contributed by atoms with E-state index in [2.05, 4.69) is 16.6 Å². The van der Waals surface area contributed by atoms with Crippen LogP contribution < -0.4 is 19.5 Å². The van der Waals surface area contributed by atoms with E-state index in [1.54, 1.807) is 6.07 Å². The molecule has 1 aromatic rings. The van der Waals surface area contributed by atoms with Gasteiger partial charge in [-0.25, -0.2) is 13.1 Å². The number of sulfonamides is 1. The summed E-state index contributed by atoms with van der Waals surface area (Å²) in [6, 6.07) is 4.36. The topological polar surface area (TPSA) is 120 Å². The van der Waals surface area contributed by atoms with Crippen molar-refractivity contribution in [2.24, 2.45) is 0 Å². The first-order valence-electron chi connectivity index (χ1n) is 8.81. The molecule has 1 atom stereocenters. The zero-order chi connectivity index (χ0) is 20.6. The molecule has 9 nitrogen and oxygen atoms in total. The summed E-state index contributed by atoms with van der Waals surface area (Å²) in [5.41, 5.74) is 0. The monoisotopic (exact) mass is 412 g/mol. The lowest BCUT2D eigenvalue weighted by molar-refractivity contribution is -0.154. The first-order valence-corrected chi connectivity index (χ1v) is 10.3. The predicted octanol–water partition coefficient (Wildman–Crippen LogP) is 0.750. The van der Waals surface area contributed by atoms with E-state index in [1.165, 1.54) is 25.1 Å². The highest BCUT2D eigenvalue weighted by Gasteiger charge is 2.20. The van der Waals surface area contributed by atoms with Crippen LogP contribution in [0.2, 0.25) is 0 Å². The van der Waals surface area contributed by atoms with Crippen LogP contribution in [0.4, 0.5) is 0 Å². The van der Waals surface area contributed by atoms with Crippen molar-refractivity contribution in [2.45, 2.75) is 30.8 Å². The molecule has 1 amide bonds. The number of esters is 1. The van der Waals surface area contributed by atoms with Gasteiger partial charge in [-0.2, -0.15) is 0 Å². The average molecular weight is 412 g/mol. The summed E-state index contributed by atoms with van der Waals surface area (Å²) in [7, 11) is -3.75. The fraction of sp³-hybridized carbons (Fsp3) is 0.444. The molecule has 0 spiro atoms. The number of rotatable bonds is 10. The smallest absolute Gasteiger partial charge is 0.306 e. The molecule has 10 heteroatoms. The van der Waals surface area contributed by atoms with Crippen molar-refractivity contribution in [3.8, 4) is 11.5 Å². The van der Waals surface area contributed by atoms with Gasteiger partial charge in [0.05, 0.1) is 4.90 Å². The van der Waals surface area contributed by atoms with Gasteiger partial charge in [0, 0.05) is 25.6 Å². The van der Waals surface area contributed by atoms with Crippen LogP contribution in [0, 0.1) is 0 Å². The minimum atomic E-state index is -3.75. The van der Waals surface area contributed by atoms with Crippen molar-refractivity contribution >= 4 is 21.9 Å². The minimum Gasteiger partial charge on any atom is -0.486 e. The maximum atomic E-state index is 12.3. The number of fused-ring (bicyclic) bond motifs is 1. The second-order valence-electron chi connectivity index (χ2n) is 5.97. The fourth-order valence-electron chi connectivity index (χ4n) is 2.34. The molecule has 2 rings (SSSR count). The van der Waals surface area contributed by atoms with Crippen LogP contribution in [-0.4, -0.2) is 52.7 Å². The van der Waals surface area contributed by atoms with Crippen LogP contribution in [0.1, 0.15) is 19.8 Å². The first kappa shape index (κ1) is 21.7. The zero-order valence-corrected chi connectivity index (χ0v) is 16.4. The molecular formula is C18H24N2O7S. The van der Waals surface area contributed by atoms with E-state index in [0.717, 1.165) is 0 Å². The van der Waals surface area contributed by atoms with Crippen LogP contribution in [0.15, 0.2) is 35.7 Å². The third-order valence-corrected chi connectivity index (χ3v) is 5.23. The maximum Gasteiger partial charge on any atom is 0.306 e. The molecule has 1 heterocycles. The molecule has 0 saturated carbocycles. The third kappa shape index (κ3) is 6.24. The van der Waals surface area contributed by atoms with Gasteiger partial charge in [-0.1, -0.05) is 6.08 Å². The first-order chi connectivity index (χ1) is 13.3. The quantitative estimate of drug-likeness (QED) is 0.330. The molecule has 0 aliphatic carbocycles. The average Bonchev–Trinajstić information content (AvgIpc) is 2.68. The Balaban J connectivity index is 1.77. The molecule has 0 unspecified atom stereocenters. The Hall–Kier alpha value is -2.59. The van der Waals surface area contributed by atoms with Crippen molar-refractivity contribution in [1.82, 2.24) is 10.0 Å². The summed E-state index contributed by atoms with van der Waals surface area (Å²) < 4.78 is 42.8. The molecule has 0 fully saturated rings. The van der Waals surface area contributed by atoms with Crippen molar-refractivity contribution in [1.29, 1.82) is 0 Å². The van der Waals surface area contributed by atoms with Gasteiger partial charge < -0.3 is 19.5 Å². The Labute approximate surface area is 164 Å². The van der Waals surface area contributed by atoms with Crippen LogP contribution >= 0.6 is 0 Å². The Morgan fingerprint density at radius 2 is 2.00 bits per heavy atom. The van der Waals surface area contributed by atoms with Gasteiger partial charge in [-0.3, -0.25) is 9.59 Å². The summed E-state index contributed by atoms with van der Waals surface area (Å²) >= 11 is 0. The molecule has 154 valence electrons. The second kappa shape index (κ2) is 10.1. The SMILES string of the molecule is C=CCNC(=O)[C@@H](C)OC(=O)CCCNS(=O)(=O)c1ccc2c(c1)OCCO2. The summed E-state index contributed by atoms with van der Waals surface area (Å²) in [4.78, 5) is 23.4. The van der Waals surface area contributed by atoms with Crippen molar-refractivity contribution < 1.29 is 32.2 Å². The highest BCUT2D eigenvalue weighted by Crippen LogP contribution is 2.32.